The van der Waals surface area contributed by atoms with Crippen LogP contribution in [0.4, 0.5) is 0 Å². The van der Waals surface area contributed by atoms with Crippen molar-refractivity contribution in [1.82, 2.24) is 4.90 Å². The fourth-order valence-electron chi connectivity index (χ4n) is 1.48. The van der Waals surface area contributed by atoms with Crippen LogP contribution in [-0.4, -0.2) is 43.2 Å². The van der Waals surface area contributed by atoms with Crippen molar-refractivity contribution in [1.29, 1.82) is 0 Å². The molecule has 0 rings (SSSR count). The van der Waals surface area contributed by atoms with Crippen LogP contribution >= 0.6 is 0 Å². The Bertz CT molecular complexity index is 215. The van der Waals surface area contributed by atoms with Gasteiger partial charge in [-0.25, -0.2) is 0 Å². The molecule has 1 unspecified atom stereocenters. The first-order chi connectivity index (χ1) is 7.29. The molecule has 0 fully saturated rings. The highest BCUT2D eigenvalue weighted by atomic mass is 16.5. The SMILES string of the molecule is CCOC(=O)C(C)(N)CN(C)CCC(C)C. The normalized spacial score (nSPS) is 15.2. The first-order valence-corrected chi connectivity index (χ1v) is 5.94. The number of ether oxygens (including phenoxy) is 1. The third-order valence-corrected chi connectivity index (χ3v) is 2.43. The summed E-state index contributed by atoms with van der Waals surface area (Å²) >= 11 is 0. The summed E-state index contributed by atoms with van der Waals surface area (Å²) < 4.78 is 4.94. The van der Waals surface area contributed by atoms with E-state index < -0.39 is 5.54 Å². The van der Waals surface area contributed by atoms with Crippen LogP contribution in [-0.2, 0) is 9.53 Å². The maximum atomic E-state index is 11.6. The van der Waals surface area contributed by atoms with Crippen LogP contribution < -0.4 is 5.73 Å². The minimum absolute atomic E-state index is 0.327. The molecule has 0 spiro atoms. The van der Waals surface area contributed by atoms with E-state index in [9.17, 15) is 4.79 Å². The molecule has 0 aliphatic rings. The highest BCUT2D eigenvalue weighted by molar-refractivity contribution is 5.80. The van der Waals surface area contributed by atoms with Crippen molar-refractivity contribution < 1.29 is 9.53 Å². The van der Waals surface area contributed by atoms with E-state index in [4.69, 9.17) is 10.5 Å². The zero-order valence-electron chi connectivity index (χ0n) is 11.2. The summed E-state index contributed by atoms with van der Waals surface area (Å²) in [7, 11) is 1.98. The van der Waals surface area contributed by atoms with Crippen LogP contribution in [0, 0.1) is 5.92 Å². The molecule has 0 amide bonds. The van der Waals surface area contributed by atoms with Crippen molar-refractivity contribution in [2.24, 2.45) is 11.7 Å². The predicted molar refractivity (Wildman–Crippen MR) is 66.2 cm³/mol. The first kappa shape index (κ1) is 15.4. The molecular formula is C12H26N2O2. The number of carbonyl (C=O) groups excluding carboxylic acids is 1. The summed E-state index contributed by atoms with van der Waals surface area (Å²) in [6, 6.07) is 0. The first-order valence-electron chi connectivity index (χ1n) is 5.94. The molecular weight excluding hydrogens is 204 g/mol. The molecule has 0 saturated carbocycles. The van der Waals surface area contributed by atoms with Gasteiger partial charge in [-0.05, 0) is 39.8 Å². The number of hydrogen-bond donors (Lipinski definition) is 1. The maximum Gasteiger partial charge on any atom is 0.327 e. The van der Waals surface area contributed by atoms with Crippen molar-refractivity contribution in [3.05, 3.63) is 0 Å². The van der Waals surface area contributed by atoms with Gasteiger partial charge in [0, 0.05) is 6.54 Å². The van der Waals surface area contributed by atoms with E-state index in [2.05, 4.69) is 18.7 Å². The molecule has 0 heterocycles. The molecule has 1 atom stereocenters. The van der Waals surface area contributed by atoms with Crippen LogP contribution in [0.25, 0.3) is 0 Å². The largest absolute Gasteiger partial charge is 0.465 e. The Labute approximate surface area is 99.1 Å². The number of esters is 1. The highest BCUT2D eigenvalue weighted by Crippen LogP contribution is 2.07. The Morgan fingerprint density at radius 3 is 2.50 bits per heavy atom. The van der Waals surface area contributed by atoms with Crippen molar-refractivity contribution in [2.75, 3.05) is 26.7 Å². The van der Waals surface area contributed by atoms with Crippen molar-refractivity contribution >= 4 is 5.97 Å². The number of nitrogens with two attached hydrogens (primary N) is 1. The molecule has 0 bridgehead atoms. The second-order valence-corrected chi connectivity index (χ2v) is 5.06. The van der Waals surface area contributed by atoms with E-state index in [-0.39, 0.29) is 5.97 Å². The summed E-state index contributed by atoms with van der Waals surface area (Å²) in [4.78, 5) is 13.6. The van der Waals surface area contributed by atoms with Crippen molar-refractivity contribution in [2.45, 2.75) is 39.7 Å². The van der Waals surface area contributed by atoms with Gasteiger partial charge in [0.05, 0.1) is 6.61 Å². The van der Waals surface area contributed by atoms with E-state index >= 15 is 0 Å². The van der Waals surface area contributed by atoms with Gasteiger partial charge in [-0.2, -0.15) is 0 Å². The average molecular weight is 230 g/mol. The van der Waals surface area contributed by atoms with Gasteiger partial charge in [0.25, 0.3) is 0 Å². The Morgan fingerprint density at radius 1 is 1.50 bits per heavy atom. The van der Waals surface area contributed by atoms with Gasteiger partial charge >= 0.3 is 5.97 Å². The van der Waals surface area contributed by atoms with E-state index in [1.807, 2.05) is 7.05 Å². The maximum absolute atomic E-state index is 11.6. The summed E-state index contributed by atoms with van der Waals surface area (Å²) in [6.07, 6.45) is 1.11. The number of carbonyl (C=O) groups is 1. The van der Waals surface area contributed by atoms with Crippen LogP contribution in [0.2, 0.25) is 0 Å². The lowest BCUT2D eigenvalue weighted by Gasteiger charge is -2.28. The number of likely N-dealkylation sites (N-methyl/N-ethyl adjacent to an activating group) is 1. The molecule has 0 aromatic rings. The molecule has 0 aliphatic carbocycles. The molecule has 16 heavy (non-hydrogen) atoms. The van der Waals surface area contributed by atoms with Crippen LogP contribution in [0.3, 0.4) is 0 Å². The molecule has 2 N–H and O–H groups in total. The lowest BCUT2D eigenvalue weighted by Crippen LogP contribution is -2.54. The summed E-state index contributed by atoms with van der Waals surface area (Å²) in [5.41, 5.74) is 5.02. The summed E-state index contributed by atoms with van der Waals surface area (Å²) in [6.45, 7) is 9.72. The third kappa shape index (κ3) is 6.08. The number of rotatable bonds is 7. The smallest absolute Gasteiger partial charge is 0.327 e. The molecule has 96 valence electrons. The minimum Gasteiger partial charge on any atom is -0.465 e. The van der Waals surface area contributed by atoms with Gasteiger partial charge in [0.1, 0.15) is 5.54 Å². The molecule has 0 aromatic carbocycles. The van der Waals surface area contributed by atoms with E-state index in [0.29, 0.717) is 19.1 Å². The molecule has 0 aromatic heterocycles. The lowest BCUT2D eigenvalue weighted by molar-refractivity contribution is -0.149. The molecule has 4 heteroatoms. The zero-order valence-corrected chi connectivity index (χ0v) is 11.2. The zero-order chi connectivity index (χ0) is 12.8. The Morgan fingerprint density at radius 2 is 2.06 bits per heavy atom. The van der Waals surface area contributed by atoms with Crippen molar-refractivity contribution in [3.8, 4) is 0 Å². The second-order valence-electron chi connectivity index (χ2n) is 5.06. The van der Waals surface area contributed by atoms with Gasteiger partial charge in [-0.1, -0.05) is 13.8 Å². The van der Waals surface area contributed by atoms with Crippen LogP contribution in [0.1, 0.15) is 34.1 Å². The predicted octanol–water partition coefficient (Wildman–Crippen LogP) is 1.24. The number of hydrogen-bond acceptors (Lipinski definition) is 4. The van der Waals surface area contributed by atoms with Gasteiger partial charge in [-0.3, -0.25) is 4.79 Å². The fourth-order valence-corrected chi connectivity index (χ4v) is 1.48. The summed E-state index contributed by atoms with van der Waals surface area (Å²) in [5.74, 6) is 0.334. The Kier molecular flexibility index (Phi) is 6.60. The van der Waals surface area contributed by atoms with Gasteiger partial charge in [0.2, 0.25) is 0 Å². The standard InChI is InChI=1S/C12H26N2O2/c1-6-16-11(15)12(4,13)9-14(5)8-7-10(2)3/h10H,6-9,13H2,1-5H3. The van der Waals surface area contributed by atoms with Gasteiger partial charge in [0.15, 0.2) is 0 Å². The number of nitrogens with zero attached hydrogens (tertiary/aromatic N) is 1. The summed E-state index contributed by atoms with van der Waals surface area (Å²) in [5, 5.41) is 0. The minimum atomic E-state index is -0.915. The molecule has 0 saturated heterocycles. The molecule has 0 aliphatic heterocycles. The van der Waals surface area contributed by atoms with E-state index in [1.165, 1.54) is 0 Å². The third-order valence-electron chi connectivity index (χ3n) is 2.43. The average Bonchev–Trinajstić information content (AvgIpc) is 2.14. The Hall–Kier alpha value is -0.610. The van der Waals surface area contributed by atoms with Crippen LogP contribution in [0.15, 0.2) is 0 Å². The quantitative estimate of drug-likeness (QED) is 0.669. The topological polar surface area (TPSA) is 55.6 Å². The van der Waals surface area contributed by atoms with Crippen LogP contribution in [0.5, 0.6) is 0 Å². The Balaban J connectivity index is 4.08. The highest BCUT2D eigenvalue weighted by Gasteiger charge is 2.31. The molecule has 0 radical (unpaired) electrons. The van der Waals surface area contributed by atoms with Gasteiger partial charge < -0.3 is 15.4 Å². The molecule has 4 nitrogen and oxygen atoms in total. The fraction of sp³-hybridized carbons (Fsp3) is 0.917. The lowest BCUT2D eigenvalue weighted by atomic mass is 10.0. The van der Waals surface area contributed by atoms with Gasteiger partial charge in [-0.15, -0.1) is 0 Å². The second kappa shape index (κ2) is 6.86. The monoisotopic (exact) mass is 230 g/mol. The van der Waals surface area contributed by atoms with Crippen molar-refractivity contribution in [3.63, 3.8) is 0 Å². The van der Waals surface area contributed by atoms with E-state index in [0.717, 1.165) is 13.0 Å². The van der Waals surface area contributed by atoms with E-state index in [1.54, 1.807) is 13.8 Å².